The van der Waals surface area contributed by atoms with Gasteiger partial charge in [-0.2, -0.15) is 5.10 Å². The van der Waals surface area contributed by atoms with Crippen molar-refractivity contribution in [3.05, 3.63) is 49.5 Å². The van der Waals surface area contributed by atoms with Crippen LogP contribution in [0.5, 0.6) is 0 Å². The molecule has 1 atom stereocenters. The highest BCUT2D eigenvalue weighted by atomic mass is 79.9. The van der Waals surface area contributed by atoms with Crippen LogP contribution in [0.15, 0.2) is 22.7 Å². The van der Waals surface area contributed by atoms with E-state index >= 15 is 0 Å². The van der Waals surface area contributed by atoms with Gasteiger partial charge in [0.15, 0.2) is 0 Å². The van der Waals surface area contributed by atoms with Gasteiger partial charge in [0.05, 0.1) is 21.5 Å². The Hall–Kier alpha value is -2.70. The number of alkyl halides is 2. The third-order valence-corrected chi connectivity index (χ3v) is 8.65. The third-order valence-electron chi connectivity index (χ3n) is 5.37. The molecule has 0 spiro atoms. The fourth-order valence-corrected chi connectivity index (χ4v) is 5.82. The Morgan fingerprint density at radius 1 is 1.21 bits per heavy atom. The molecule has 0 radical (unpaired) electrons. The molecule has 0 bridgehead atoms. The molecule has 1 unspecified atom stereocenters. The van der Waals surface area contributed by atoms with Gasteiger partial charge in [0.2, 0.25) is 5.91 Å². The number of rotatable bonds is 6. The van der Waals surface area contributed by atoms with Crippen LogP contribution in [0, 0.1) is 20.8 Å². The molecule has 0 aliphatic rings. The molecule has 4 rings (SSSR count). The number of fused-ring (bicyclic) bond motifs is 1. The van der Waals surface area contributed by atoms with Gasteiger partial charge < -0.3 is 11.1 Å². The van der Waals surface area contributed by atoms with E-state index in [4.69, 9.17) is 5.73 Å². The molecule has 0 aliphatic heterocycles. The normalized spacial score (nSPS) is 12.5. The van der Waals surface area contributed by atoms with E-state index < -0.39 is 30.0 Å². The lowest BCUT2D eigenvalue weighted by Crippen LogP contribution is -2.26. The smallest absolute Gasteiger partial charge is 0.280 e. The van der Waals surface area contributed by atoms with E-state index in [1.165, 1.54) is 17.4 Å². The van der Waals surface area contributed by atoms with Crippen molar-refractivity contribution in [3.8, 4) is 10.4 Å². The van der Waals surface area contributed by atoms with Crippen LogP contribution in [0.3, 0.4) is 0 Å². The number of pyridine rings is 1. The molecule has 0 aromatic carbocycles. The molecule has 34 heavy (non-hydrogen) atoms. The second-order valence-corrected chi connectivity index (χ2v) is 10.8. The van der Waals surface area contributed by atoms with E-state index in [1.54, 1.807) is 11.6 Å². The zero-order chi connectivity index (χ0) is 24.9. The van der Waals surface area contributed by atoms with Crippen molar-refractivity contribution >= 4 is 66.3 Å². The summed E-state index contributed by atoms with van der Waals surface area (Å²) in [6.07, 6.45) is -2.80. The average molecular weight is 568 g/mol. The van der Waals surface area contributed by atoms with Gasteiger partial charge in [-0.05, 0) is 61.8 Å². The first kappa shape index (κ1) is 24.4. The Morgan fingerprint density at radius 3 is 2.44 bits per heavy atom. The van der Waals surface area contributed by atoms with Gasteiger partial charge in [-0.3, -0.25) is 14.3 Å². The number of aryl methyl sites for hydroxylation is 2. The van der Waals surface area contributed by atoms with Crippen LogP contribution in [0.2, 0.25) is 0 Å². The zero-order valence-electron chi connectivity index (χ0n) is 18.6. The first-order valence-electron chi connectivity index (χ1n) is 10.1. The molecule has 4 aromatic rings. The first-order chi connectivity index (χ1) is 16.0. The first-order valence-corrected chi connectivity index (χ1v) is 12.6. The summed E-state index contributed by atoms with van der Waals surface area (Å²) in [5.41, 5.74) is 7.31. The summed E-state index contributed by atoms with van der Waals surface area (Å²) in [6.45, 7) is 7.23. The molecule has 0 fully saturated rings. The SMILES string of the molecule is Cc1ccc(-c2cc(C(F)F)nc3sc(C(N)=O)c(NC(=O)C(C)n4nc(C)c(Br)c4C)c23)s1. The van der Waals surface area contributed by atoms with Crippen molar-refractivity contribution in [2.75, 3.05) is 5.32 Å². The Bertz CT molecular complexity index is 1440. The van der Waals surface area contributed by atoms with Crippen LogP contribution in [-0.4, -0.2) is 26.6 Å². The second-order valence-electron chi connectivity index (χ2n) is 7.75. The van der Waals surface area contributed by atoms with E-state index in [0.717, 1.165) is 32.1 Å². The van der Waals surface area contributed by atoms with E-state index in [0.29, 0.717) is 15.8 Å². The highest BCUT2D eigenvalue weighted by molar-refractivity contribution is 9.10. The number of primary amides is 1. The summed E-state index contributed by atoms with van der Waals surface area (Å²) in [5, 5.41) is 7.61. The third kappa shape index (κ3) is 4.25. The summed E-state index contributed by atoms with van der Waals surface area (Å²) in [5.74, 6) is -1.22. The minimum absolute atomic E-state index is 0.0403. The quantitative estimate of drug-likeness (QED) is 0.292. The summed E-state index contributed by atoms with van der Waals surface area (Å²) in [4.78, 5) is 31.5. The molecule has 0 saturated heterocycles. The molecule has 12 heteroatoms. The number of thiophene rings is 2. The van der Waals surface area contributed by atoms with E-state index in [-0.39, 0.29) is 15.4 Å². The van der Waals surface area contributed by atoms with E-state index in [9.17, 15) is 18.4 Å². The number of hydrogen-bond donors (Lipinski definition) is 2. The number of carbonyl (C=O) groups is 2. The number of anilines is 1. The molecular weight excluding hydrogens is 548 g/mol. The molecule has 3 N–H and O–H groups in total. The summed E-state index contributed by atoms with van der Waals surface area (Å²) in [7, 11) is 0. The molecule has 0 saturated carbocycles. The molecule has 2 amide bonds. The minimum atomic E-state index is -2.80. The van der Waals surface area contributed by atoms with Gasteiger partial charge in [0, 0.05) is 20.7 Å². The van der Waals surface area contributed by atoms with Crippen LogP contribution >= 0.6 is 38.6 Å². The van der Waals surface area contributed by atoms with Gasteiger partial charge in [0.1, 0.15) is 21.4 Å². The van der Waals surface area contributed by atoms with Crippen LogP contribution in [0.4, 0.5) is 14.5 Å². The minimum Gasteiger partial charge on any atom is -0.365 e. The fourth-order valence-electron chi connectivity index (χ4n) is 3.65. The maximum absolute atomic E-state index is 13.6. The van der Waals surface area contributed by atoms with Gasteiger partial charge in [-0.25, -0.2) is 13.8 Å². The fraction of sp³-hybridized carbons (Fsp3) is 0.273. The second kappa shape index (κ2) is 9.16. The van der Waals surface area contributed by atoms with Crippen LogP contribution in [0.1, 0.15) is 51.0 Å². The predicted molar refractivity (Wildman–Crippen MR) is 134 cm³/mol. The highest BCUT2D eigenvalue weighted by Crippen LogP contribution is 2.44. The van der Waals surface area contributed by atoms with E-state index in [2.05, 4.69) is 31.3 Å². The predicted octanol–water partition coefficient (Wildman–Crippen LogP) is 6.15. The van der Waals surface area contributed by atoms with Crippen molar-refractivity contribution in [2.24, 2.45) is 5.73 Å². The largest absolute Gasteiger partial charge is 0.365 e. The van der Waals surface area contributed by atoms with Crippen molar-refractivity contribution in [2.45, 2.75) is 40.2 Å². The molecular formula is C22H20BrF2N5O2S2. The number of hydrogen-bond acceptors (Lipinski definition) is 6. The number of halogens is 3. The molecule has 4 aromatic heterocycles. The standard InChI is InChI=1S/C22H20BrF2N5O2S2/c1-8-5-6-14(33-8)12-7-13(19(24)25)27-22-15(12)17(18(34-22)20(26)31)28-21(32)11(4)30-10(3)16(23)9(2)29-30/h5-7,11,19H,1-4H3,(H2,26,31)(H,28,32). The number of aromatic nitrogens is 3. The highest BCUT2D eigenvalue weighted by Gasteiger charge is 2.28. The van der Waals surface area contributed by atoms with Gasteiger partial charge >= 0.3 is 0 Å². The Morgan fingerprint density at radius 2 is 1.91 bits per heavy atom. The number of nitrogens with two attached hydrogens (primary N) is 1. The van der Waals surface area contributed by atoms with Crippen LogP contribution in [-0.2, 0) is 4.79 Å². The number of amides is 2. The summed E-state index contributed by atoms with van der Waals surface area (Å²) in [6, 6.07) is 4.26. The molecule has 7 nitrogen and oxygen atoms in total. The zero-order valence-corrected chi connectivity index (χ0v) is 21.8. The lowest BCUT2D eigenvalue weighted by molar-refractivity contribution is -0.119. The Kier molecular flexibility index (Phi) is 6.58. The van der Waals surface area contributed by atoms with Gasteiger partial charge in [-0.1, -0.05) is 0 Å². The average Bonchev–Trinajstić information content (AvgIpc) is 3.45. The van der Waals surface area contributed by atoms with Gasteiger partial charge in [-0.15, -0.1) is 22.7 Å². The van der Waals surface area contributed by atoms with Crippen LogP contribution in [0.25, 0.3) is 20.7 Å². The van der Waals surface area contributed by atoms with Crippen molar-refractivity contribution < 1.29 is 18.4 Å². The van der Waals surface area contributed by atoms with Crippen molar-refractivity contribution in [3.63, 3.8) is 0 Å². The number of carbonyl (C=O) groups excluding carboxylic acids is 2. The number of nitrogens with one attached hydrogen (secondary N) is 1. The summed E-state index contributed by atoms with van der Waals surface area (Å²) >= 11 is 5.75. The lowest BCUT2D eigenvalue weighted by Gasteiger charge is -2.15. The van der Waals surface area contributed by atoms with Crippen LogP contribution < -0.4 is 11.1 Å². The lowest BCUT2D eigenvalue weighted by atomic mass is 10.1. The monoisotopic (exact) mass is 567 g/mol. The number of nitrogens with zero attached hydrogens (tertiary/aromatic N) is 3. The van der Waals surface area contributed by atoms with Crippen molar-refractivity contribution in [1.82, 2.24) is 14.8 Å². The maximum Gasteiger partial charge on any atom is 0.280 e. The summed E-state index contributed by atoms with van der Waals surface area (Å²) < 4.78 is 29.6. The van der Waals surface area contributed by atoms with Crippen molar-refractivity contribution in [1.29, 1.82) is 0 Å². The Balaban J connectivity index is 1.89. The molecule has 0 aliphatic carbocycles. The molecule has 4 heterocycles. The maximum atomic E-state index is 13.6. The van der Waals surface area contributed by atoms with Gasteiger partial charge in [0.25, 0.3) is 12.3 Å². The topological polar surface area (TPSA) is 103 Å². The Labute approximate surface area is 210 Å². The molecule has 178 valence electrons. The van der Waals surface area contributed by atoms with E-state index in [1.807, 2.05) is 32.9 Å².